The summed E-state index contributed by atoms with van der Waals surface area (Å²) in [6.45, 7) is 8.36. The first-order chi connectivity index (χ1) is 11.0. The first kappa shape index (κ1) is 16.6. The number of ether oxygens (including phenoxy) is 1. The lowest BCUT2D eigenvalue weighted by Gasteiger charge is -2.46. The van der Waals surface area contributed by atoms with Crippen molar-refractivity contribution in [2.45, 2.75) is 44.8 Å². The number of anilines is 1. The van der Waals surface area contributed by atoms with E-state index in [1.54, 1.807) is 7.11 Å². The molecule has 23 heavy (non-hydrogen) atoms. The maximum Gasteiger partial charge on any atom is 0.142 e. The van der Waals surface area contributed by atoms with Crippen LogP contribution in [-0.4, -0.2) is 54.9 Å². The van der Waals surface area contributed by atoms with Crippen LogP contribution >= 0.6 is 0 Å². The van der Waals surface area contributed by atoms with Crippen molar-refractivity contribution in [3.05, 3.63) is 24.3 Å². The molecule has 0 saturated carbocycles. The van der Waals surface area contributed by atoms with Gasteiger partial charge in [0.15, 0.2) is 0 Å². The zero-order valence-corrected chi connectivity index (χ0v) is 14.7. The van der Waals surface area contributed by atoms with E-state index >= 15 is 0 Å². The van der Waals surface area contributed by atoms with E-state index in [0.717, 1.165) is 38.3 Å². The number of hydrogen-bond donors (Lipinski definition) is 1. The molecule has 0 aliphatic carbocycles. The Kier molecular flexibility index (Phi) is 4.83. The monoisotopic (exact) mass is 318 g/mol. The van der Waals surface area contributed by atoms with Crippen LogP contribution in [0.3, 0.4) is 0 Å². The number of piperidine rings is 2. The lowest BCUT2D eigenvalue weighted by Crippen LogP contribution is -2.54. The second kappa shape index (κ2) is 6.70. The fourth-order valence-electron chi connectivity index (χ4n) is 3.95. The van der Waals surface area contributed by atoms with Crippen molar-refractivity contribution >= 4 is 5.69 Å². The molecular formula is C19H30N2O2. The fraction of sp³-hybridized carbons (Fsp3) is 0.684. The Hall–Kier alpha value is -1.26. The second-order valence-corrected chi connectivity index (χ2v) is 7.39. The van der Waals surface area contributed by atoms with E-state index in [1.165, 1.54) is 18.5 Å². The Labute approximate surface area is 140 Å². The molecule has 1 aromatic rings. The maximum absolute atomic E-state index is 10.4. The van der Waals surface area contributed by atoms with Gasteiger partial charge in [-0.2, -0.15) is 0 Å². The molecule has 1 aromatic carbocycles. The molecule has 128 valence electrons. The van der Waals surface area contributed by atoms with Gasteiger partial charge in [0.05, 0.1) is 18.4 Å². The van der Waals surface area contributed by atoms with E-state index in [0.29, 0.717) is 12.0 Å². The van der Waals surface area contributed by atoms with Crippen molar-refractivity contribution < 1.29 is 9.84 Å². The van der Waals surface area contributed by atoms with Crippen molar-refractivity contribution in [3.63, 3.8) is 0 Å². The average Bonchev–Trinajstić information content (AvgIpc) is 2.57. The van der Waals surface area contributed by atoms with Crippen LogP contribution in [0.15, 0.2) is 24.3 Å². The van der Waals surface area contributed by atoms with E-state index in [4.69, 9.17) is 4.74 Å². The normalized spacial score (nSPS) is 30.4. The first-order valence-electron chi connectivity index (χ1n) is 8.85. The van der Waals surface area contributed by atoms with Gasteiger partial charge in [0, 0.05) is 32.2 Å². The van der Waals surface area contributed by atoms with Crippen LogP contribution in [-0.2, 0) is 0 Å². The van der Waals surface area contributed by atoms with Crippen molar-refractivity contribution in [2.24, 2.45) is 5.92 Å². The van der Waals surface area contributed by atoms with E-state index in [9.17, 15) is 5.11 Å². The van der Waals surface area contributed by atoms with Crippen LogP contribution in [0.25, 0.3) is 0 Å². The molecule has 2 heterocycles. The van der Waals surface area contributed by atoms with Crippen molar-refractivity contribution in [3.8, 4) is 5.75 Å². The predicted octanol–water partition coefficient (Wildman–Crippen LogP) is 2.76. The van der Waals surface area contributed by atoms with Crippen LogP contribution < -0.4 is 9.64 Å². The summed E-state index contributed by atoms with van der Waals surface area (Å²) in [6, 6.07) is 8.95. The topological polar surface area (TPSA) is 35.9 Å². The standard InChI is InChI=1S/C19H30N2O2/c1-15-14-21(13-10-19(15,2)22)16-8-11-20(12-9-16)17-6-4-5-7-18(17)23-3/h4-7,15-16,22H,8-14H2,1-3H3/t15-,19+/m1/s1. The third kappa shape index (κ3) is 3.48. The maximum atomic E-state index is 10.4. The highest BCUT2D eigenvalue weighted by Gasteiger charge is 2.37. The molecule has 2 fully saturated rings. The number of benzene rings is 1. The molecule has 2 aliphatic heterocycles. The summed E-state index contributed by atoms with van der Waals surface area (Å²) >= 11 is 0. The van der Waals surface area contributed by atoms with Gasteiger partial charge in [-0.05, 0) is 44.2 Å². The third-order valence-electron chi connectivity index (χ3n) is 5.88. The van der Waals surface area contributed by atoms with Gasteiger partial charge in [-0.15, -0.1) is 0 Å². The smallest absolute Gasteiger partial charge is 0.142 e. The van der Waals surface area contributed by atoms with Gasteiger partial charge in [0.1, 0.15) is 5.75 Å². The van der Waals surface area contributed by atoms with Crippen LogP contribution in [0.2, 0.25) is 0 Å². The molecule has 0 spiro atoms. The minimum Gasteiger partial charge on any atom is -0.495 e. The summed E-state index contributed by atoms with van der Waals surface area (Å²) in [4.78, 5) is 5.04. The molecule has 0 bridgehead atoms. The molecule has 0 unspecified atom stereocenters. The largest absolute Gasteiger partial charge is 0.495 e. The molecule has 3 rings (SSSR count). The molecule has 0 amide bonds. The van der Waals surface area contributed by atoms with Crippen molar-refractivity contribution in [2.75, 3.05) is 38.2 Å². The van der Waals surface area contributed by atoms with Crippen LogP contribution in [0.4, 0.5) is 5.69 Å². The SMILES string of the molecule is COc1ccccc1N1CCC(N2CC[C@](C)(O)[C@H](C)C2)CC1. The molecule has 0 radical (unpaired) electrons. The van der Waals surface area contributed by atoms with Crippen LogP contribution in [0, 0.1) is 5.92 Å². The number of hydrogen-bond acceptors (Lipinski definition) is 4. The number of rotatable bonds is 3. The Morgan fingerprint density at radius 3 is 2.52 bits per heavy atom. The summed E-state index contributed by atoms with van der Waals surface area (Å²) in [5.74, 6) is 1.32. The summed E-state index contributed by atoms with van der Waals surface area (Å²) in [6.07, 6.45) is 3.26. The van der Waals surface area contributed by atoms with Gasteiger partial charge in [0.25, 0.3) is 0 Å². The lowest BCUT2D eigenvalue weighted by atomic mass is 9.82. The Bertz CT molecular complexity index is 524. The zero-order valence-electron chi connectivity index (χ0n) is 14.7. The highest BCUT2D eigenvalue weighted by Crippen LogP contribution is 2.33. The summed E-state index contributed by atoms with van der Waals surface area (Å²) in [5, 5.41) is 10.4. The molecular weight excluding hydrogens is 288 g/mol. The fourth-order valence-corrected chi connectivity index (χ4v) is 3.95. The molecule has 2 aliphatic rings. The summed E-state index contributed by atoms with van der Waals surface area (Å²) < 4.78 is 5.50. The minimum absolute atomic E-state index is 0.350. The van der Waals surface area contributed by atoms with Gasteiger partial charge in [-0.3, -0.25) is 4.90 Å². The van der Waals surface area contributed by atoms with Gasteiger partial charge in [-0.1, -0.05) is 19.1 Å². The van der Waals surface area contributed by atoms with Crippen LogP contribution in [0.1, 0.15) is 33.1 Å². The average molecular weight is 318 g/mol. The van der Waals surface area contributed by atoms with Gasteiger partial charge < -0.3 is 14.7 Å². The summed E-state index contributed by atoms with van der Waals surface area (Å²) in [5.41, 5.74) is 0.720. The van der Waals surface area contributed by atoms with Crippen molar-refractivity contribution in [1.82, 2.24) is 4.90 Å². The highest BCUT2D eigenvalue weighted by molar-refractivity contribution is 5.58. The van der Waals surface area contributed by atoms with E-state index in [2.05, 4.69) is 28.9 Å². The molecule has 2 atom stereocenters. The number of likely N-dealkylation sites (tertiary alicyclic amines) is 1. The zero-order chi connectivity index (χ0) is 16.4. The Morgan fingerprint density at radius 2 is 1.87 bits per heavy atom. The number of para-hydroxylation sites is 2. The number of nitrogens with zero attached hydrogens (tertiary/aromatic N) is 2. The Morgan fingerprint density at radius 1 is 1.17 bits per heavy atom. The van der Waals surface area contributed by atoms with Crippen molar-refractivity contribution in [1.29, 1.82) is 0 Å². The number of aliphatic hydroxyl groups is 1. The Balaban J connectivity index is 1.59. The highest BCUT2D eigenvalue weighted by atomic mass is 16.5. The molecule has 0 aromatic heterocycles. The second-order valence-electron chi connectivity index (χ2n) is 7.39. The molecule has 2 saturated heterocycles. The van der Waals surface area contributed by atoms with E-state index in [-0.39, 0.29) is 0 Å². The molecule has 4 heteroatoms. The van der Waals surface area contributed by atoms with Gasteiger partial charge >= 0.3 is 0 Å². The van der Waals surface area contributed by atoms with E-state index < -0.39 is 5.60 Å². The first-order valence-corrected chi connectivity index (χ1v) is 8.85. The van der Waals surface area contributed by atoms with Gasteiger partial charge in [0.2, 0.25) is 0 Å². The minimum atomic E-state index is -0.491. The molecule has 1 N–H and O–H groups in total. The number of methoxy groups -OCH3 is 1. The predicted molar refractivity (Wildman–Crippen MR) is 94.2 cm³/mol. The van der Waals surface area contributed by atoms with Crippen LogP contribution in [0.5, 0.6) is 5.75 Å². The third-order valence-corrected chi connectivity index (χ3v) is 5.88. The quantitative estimate of drug-likeness (QED) is 0.930. The lowest BCUT2D eigenvalue weighted by molar-refractivity contribution is -0.0621. The summed E-state index contributed by atoms with van der Waals surface area (Å²) in [7, 11) is 1.74. The molecule has 4 nitrogen and oxygen atoms in total. The van der Waals surface area contributed by atoms with E-state index in [1.807, 2.05) is 19.1 Å². The van der Waals surface area contributed by atoms with Gasteiger partial charge in [-0.25, -0.2) is 0 Å².